The fraction of sp³-hybridized carbons (Fsp3) is 0.0870. The first kappa shape index (κ1) is 20.2. The van der Waals surface area contributed by atoms with Crippen molar-refractivity contribution in [3.05, 3.63) is 77.5 Å². The van der Waals surface area contributed by atoms with E-state index in [-0.39, 0.29) is 0 Å². The van der Waals surface area contributed by atoms with Crippen molar-refractivity contribution in [3.63, 3.8) is 0 Å². The minimum atomic E-state index is -4.42. The minimum absolute atomic E-state index is 0.349. The quantitative estimate of drug-likeness (QED) is 0.353. The lowest BCUT2D eigenvalue weighted by molar-refractivity contribution is -0.137. The van der Waals surface area contributed by atoms with Gasteiger partial charge >= 0.3 is 6.18 Å². The number of aryl methyl sites for hydroxylation is 1. The third kappa shape index (κ3) is 3.48. The zero-order valence-corrected chi connectivity index (χ0v) is 17.4. The van der Waals surface area contributed by atoms with Crippen molar-refractivity contribution in [1.29, 1.82) is 5.26 Å². The van der Waals surface area contributed by atoms with E-state index < -0.39 is 11.7 Å². The second kappa shape index (κ2) is 7.43. The summed E-state index contributed by atoms with van der Waals surface area (Å²) in [5.41, 5.74) is 2.03. The van der Waals surface area contributed by atoms with E-state index in [0.717, 1.165) is 22.5 Å². The molecule has 0 aliphatic heterocycles. The van der Waals surface area contributed by atoms with Crippen LogP contribution in [0.25, 0.3) is 27.6 Å². The van der Waals surface area contributed by atoms with Crippen molar-refractivity contribution in [3.8, 4) is 11.9 Å². The molecule has 0 unspecified atom stereocenters. The molecule has 3 aromatic heterocycles. The molecular formula is C23H14F3N5S. The molecule has 2 aromatic carbocycles. The van der Waals surface area contributed by atoms with E-state index in [0.29, 0.717) is 32.5 Å². The molecule has 32 heavy (non-hydrogen) atoms. The Morgan fingerprint density at radius 1 is 0.969 bits per heavy atom. The van der Waals surface area contributed by atoms with Gasteiger partial charge in [0.25, 0.3) is 0 Å². The van der Waals surface area contributed by atoms with Gasteiger partial charge in [-0.05, 0) is 61.2 Å². The Kier molecular flexibility index (Phi) is 4.68. The number of aromatic amines is 1. The molecule has 5 rings (SSSR count). The van der Waals surface area contributed by atoms with E-state index >= 15 is 0 Å². The van der Waals surface area contributed by atoms with E-state index in [4.69, 9.17) is 10.2 Å². The highest BCUT2D eigenvalue weighted by atomic mass is 32.2. The number of pyridine rings is 1. The number of rotatable bonds is 3. The van der Waals surface area contributed by atoms with Crippen molar-refractivity contribution < 1.29 is 13.2 Å². The average molecular weight is 449 g/mol. The number of hydrogen-bond donors (Lipinski definition) is 1. The third-order valence-corrected chi connectivity index (χ3v) is 5.92. The van der Waals surface area contributed by atoms with Crippen LogP contribution in [0.4, 0.5) is 13.2 Å². The first-order chi connectivity index (χ1) is 15.3. The summed E-state index contributed by atoms with van der Waals surface area (Å²) in [6, 6.07) is 18.6. The normalized spacial score (nSPS) is 11.8. The summed E-state index contributed by atoms with van der Waals surface area (Å²) in [7, 11) is 0. The van der Waals surface area contributed by atoms with Crippen molar-refractivity contribution in [1.82, 2.24) is 19.7 Å². The van der Waals surface area contributed by atoms with Crippen molar-refractivity contribution >= 4 is 33.6 Å². The van der Waals surface area contributed by atoms with E-state index in [2.05, 4.69) is 10.2 Å². The molecule has 0 aliphatic rings. The fourth-order valence-corrected chi connectivity index (χ4v) is 4.43. The Labute approximate surface area is 184 Å². The number of benzene rings is 2. The Bertz CT molecular complexity index is 1520. The van der Waals surface area contributed by atoms with Gasteiger partial charge in [-0.25, -0.2) is 4.98 Å². The number of aromatic nitrogens is 4. The lowest BCUT2D eigenvalue weighted by atomic mass is 10.1. The summed E-state index contributed by atoms with van der Waals surface area (Å²) in [5.74, 6) is 0.578. The van der Waals surface area contributed by atoms with E-state index in [1.165, 1.54) is 23.9 Å². The summed E-state index contributed by atoms with van der Waals surface area (Å²) in [4.78, 5) is 4.71. The van der Waals surface area contributed by atoms with Gasteiger partial charge in [-0.15, -0.1) is 0 Å². The number of alkyl halides is 3. The minimum Gasteiger partial charge on any atom is -0.294 e. The van der Waals surface area contributed by atoms with Gasteiger partial charge in [0.2, 0.25) is 0 Å². The van der Waals surface area contributed by atoms with Gasteiger partial charge in [0.15, 0.2) is 0 Å². The topological polar surface area (TPSA) is 70.3 Å². The van der Waals surface area contributed by atoms with Crippen LogP contribution in [0.1, 0.15) is 16.8 Å². The molecule has 1 N–H and O–H groups in total. The average Bonchev–Trinajstić information content (AvgIpc) is 3.34. The Morgan fingerprint density at radius 3 is 2.44 bits per heavy atom. The summed E-state index contributed by atoms with van der Waals surface area (Å²) in [6.07, 6.45) is -4.42. The number of hydrogen-bond acceptors (Lipinski definition) is 4. The van der Waals surface area contributed by atoms with E-state index in [1.807, 2.05) is 54.0 Å². The molecule has 0 amide bonds. The molecule has 0 aliphatic carbocycles. The smallest absolute Gasteiger partial charge is 0.294 e. The highest BCUT2D eigenvalue weighted by molar-refractivity contribution is 7.99. The zero-order chi connectivity index (χ0) is 22.5. The standard InChI is InChI=1S/C23H14F3N5S/c1-13-5-7-18-16(9-13)17-10-14(23(24,25)26)6-8-19(17)31(18)20-3-2-4-21(28-20)32-22-11-15(12-27)29-30-22/h2-11H,1H3,(H,29,30). The summed E-state index contributed by atoms with van der Waals surface area (Å²) >= 11 is 1.29. The zero-order valence-electron chi connectivity index (χ0n) is 16.6. The lowest BCUT2D eigenvalue weighted by Crippen LogP contribution is -2.04. The molecule has 9 heteroatoms. The number of nitriles is 1. The summed E-state index contributed by atoms with van der Waals surface area (Å²) in [6.45, 7) is 1.91. The molecule has 5 aromatic rings. The predicted octanol–water partition coefficient (Wildman–Crippen LogP) is 6.25. The number of fused-ring (bicyclic) bond motifs is 3. The van der Waals surface area contributed by atoms with Crippen molar-refractivity contribution in [2.24, 2.45) is 0 Å². The van der Waals surface area contributed by atoms with Crippen LogP contribution in [0.3, 0.4) is 0 Å². The maximum absolute atomic E-state index is 13.4. The van der Waals surface area contributed by atoms with Crippen LogP contribution in [0, 0.1) is 18.3 Å². The van der Waals surface area contributed by atoms with Crippen molar-refractivity contribution in [2.45, 2.75) is 23.2 Å². The van der Waals surface area contributed by atoms with Crippen molar-refractivity contribution in [2.75, 3.05) is 0 Å². The van der Waals surface area contributed by atoms with Crippen LogP contribution >= 0.6 is 11.8 Å². The maximum atomic E-state index is 13.4. The Hall–Kier alpha value is -3.77. The van der Waals surface area contributed by atoms with Gasteiger partial charge in [-0.2, -0.15) is 23.5 Å². The summed E-state index contributed by atoms with van der Waals surface area (Å²) in [5, 5.41) is 18.2. The van der Waals surface area contributed by atoms with E-state index in [9.17, 15) is 13.2 Å². The molecule has 0 bridgehead atoms. The van der Waals surface area contributed by atoms with Crippen LogP contribution in [0.15, 0.2) is 70.7 Å². The first-order valence-corrected chi connectivity index (χ1v) is 10.4. The maximum Gasteiger partial charge on any atom is 0.416 e. The molecule has 0 saturated heterocycles. The van der Waals surface area contributed by atoms with Crippen LogP contribution in [0.2, 0.25) is 0 Å². The molecule has 0 spiro atoms. The second-order valence-corrected chi connectivity index (χ2v) is 8.29. The number of nitrogens with one attached hydrogen (secondary N) is 1. The van der Waals surface area contributed by atoms with Gasteiger partial charge in [0.05, 0.1) is 16.6 Å². The third-order valence-electron chi connectivity index (χ3n) is 5.07. The number of H-pyrrole nitrogens is 1. The van der Waals surface area contributed by atoms with Crippen LogP contribution in [-0.4, -0.2) is 19.7 Å². The molecule has 0 fully saturated rings. The highest BCUT2D eigenvalue weighted by Gasteiger charge is 2.31. The van der Waals surface area contributed by atoms with Crippen LogP contribution in [0.5, 0.6) is 0 Å². The second-order valence-electron chi connectivity index (χ2n) is 7.25. The van der Waals surface area contributed by atoms with Crippen LogP contribution < -0.4 is 0 Å². The van der Waals surface area contributed by atoms with E-state index in [1.54, 1.807) is 6.07 Å². The van der Waals surface area contributed by atoms with Gasteiger partial charge < -0.3 is 0 Å². The van der Waals surface area contributed by atoms with Gasteiger partial charge in [0.1, 0.15) is 27.6 Å². The number of halogens is 3. The molecule has 0 radical (unpaired) electrons. The monoisotopic (exact) mass is 449 g/mol. The molecule has 0 atom stereocenters. The van der Waals surface area contributed by atoms with Gasteiger partial charge in [0, 0.05) is 16.8 Å². The predicted molar refractivity (Wildman–Crippen MR) is 116 cm³/mol. The highest BCUT2D eigenvalue weighted by Crippen LogP contribution is 2.37. The van der Waals surface area contributed by atoms with Crippen LogP contribution in [-0.2, 0) is 6.18 Å². The largest absolute Gasteiger partial charge is 0.416 e. The van der Waals surface area contributed by atoms with Gasteiger partial charge in [-0.3, -0.25) is 9.67 Å². The Balaban J connectivity index is 1.69. The summed E-state index contributed by atoms with van der Waals surface area (Å²) < 4.78 is 41.9. The molecular weight excluding hydrogens is 435 g/mol. The lowest BCUT2D eigenvalue weighted by Gasteiger charge is -2.09. The number of nitrogens with zero attached hydrogens (tertiary/aromatic N) is 4. The van der Waals surface area contributed by atoms with Gasteiger partial charge in [-0.1, -0.05) is 17.7 Å². The first-order valence-electron chi connectivity index (χ1n) is 9.56. The molecule has 158 valence electrons. The molecule has 5 nitrogen and oxygen atoms in total. The molecule has 3 heterocycles. The fourth-order valence-electron chi connectivity index (χ4n) is 3.67. The SMILES string of the molecule is Cc1ccc2c(c1)c1cc(C(F)(F)F)ccc1n2-c1cccc(Sc2cc(C#N)[nH]n2)n1. The molecule has 0 saturated carbocycles. The Morgan fingerprint density at radius 2 is 1.72 bits per heavy atom.